The summed E-state index contributed by atoms with van der Waals surface area (Å²) in [6.45, 7) is 0.927. The first-order chi connectivity index (χ1) is 14.9. The van der Waals surface area contributed by atoms with Crippen molar-refractivity contribution in [3.05, 3.63) is 65.7 Å². The highest BCUT2D eigenvalue weighted by atomic mass is 32.2. The van der Waals surface area contributed by atoms with Gasteiger partial charge >= 0.3 is 0 Å². The van der Waals surface area contributed by atoms with Crippen LogP contribution in [0, 0.1) is 0 Å². The molecule has 1 amide bonds. The van der Waals surface area contributed by atoms with Crippen LogP contribution in [0.3, 0.4) is 0 Å². The van der Waals surface area contributed by atoms with Gasteiger partial charge in [-0.3, -0.25) is 4.79 Å². The quantitative estimate of drug-likeness (QED) is 0.540. The average Bonchev–Trinajstić information content (AvgIpc) is 3.32. The molecule has 2 heterocycles. The number of thiazole rings is 1. The molecule has 1 aliphatic rings. The molecule has 2 aromatic carbocycles. The number of fused-ring (bicyclic) bond motifs is 1. The Morgan fingerprint density at radius 2 is 1.84 bits per heavy atom. The molecule has 31 heavy (non-hydrogen) atoms. The zero-order valence-electron chi connectivity index (χ0n) is 16.8. The van der Waals surface area contributed by atoms with Crippen molar-refractivity contribution >= 4 is 32.4 Å². The molecule has 0 atom stereocenters. The Morgan fingerprint density at radius 3 is 2.55 bits per heavy atom. The summed E-state index contributed by atoms with van der Waals surface area (Å²) in [7, 11) is -2.31. The van der Waals surface area contributed by atoms with E-state index in [0.29, 0.717) is 31.3 Å². The SMILES string of the molecule is CN(Cc1ccc2c(c1)OCCO2)C(=O)CN(c1nccs1)S(=O)(=O)c1ccccc1. The Hall–Kier alpha value is -3.11. The van der Waals surface area contributed by atoms with Crippen molar-refractivity contribution in [2.45, 2.75) is 11.4 Å². The number of carbonyl (C=O) groups is 1. The third kappa shape index (κ3) is 4.64. The second-order valence-corrected chi connectivity index (χ2v) is 9.60. The van der Waals surface area contributed by atoms with Crippen molar-refractivity contribution in [1.82, 2.24) is 9.88 Å². The minimum absolute atomic E-state index is 0.104. The molecule has 0 saturated heterocycles. The first-order valence-corrected chi connectivity index (χ1v) is 11.9. The molecule has 1 aliphatic heterocycles. The zero-order valence-corrected chi connectivity index (χ0v) is 18.4. The van der Waals surface area contributed by atoms with Gasteiger partial charge in [-0.1, -0.05) is 24.3 Å². The van der Waals surface area contributed by atoms with Crippen LogP contribution in [0.15, 0.2) is 65.0 Å². The van der Waals surface area contributed by atoms with E-state index in [1.54, 1.807) is 30.6 Å². The van der Waals surface area contributed by atoms with Gasteiger partial charge in [-0.05, 0) is 29.8 Å². The number of rotatable bonds is 7. The largest absolute Gasteiger partial charge is 0.486 e. The van der Waals surface area contributed by atoms with Gasteiger partial charge in [0.25, 0.3) is 10.0 Å². The zero-order chi connectivity index (χ0) is 21.8. The standard InChI is InChI=1S/C21H21N3O5S2/c1-23(14-16-7-8-18-19(13-16)29-11-10-28-18)20(25)15-24(21-22-9-12-30-21)31(26,27)17-5-3-2-4-6-17/h2-9,12-13H,10-11,14-15H2,1H3. The number of sulfonamides is 1. The molecule has 0 unspecified atom stereocenters. The Balaban J connectivity index is 1.52. The lowest BCUT2D eigenvalue weighted by Crippen LogP contribution is -2.41. The summed E-state index contributed by atoms with van der Waals surface area (Å²) in [6.07, 6.45) is 1.51. The van der Waals surface area contributed by atoms with E-state index in [0.717, 1.165) is 21.2 Å². The van der Waals surface area contributed by atoms with Gasteiger partial charge in [0.05, 0.1) is 4.90 Å². The van der Waals surface area contributed by atoms with E-state index in [4.69, 9.17) is 9.47 Å². The van der Waals surface area contributed by atoms with Gasteiger partial charge in [-0.2, -0.15) is 0 Å². The Labute approximate surface area is 184 Å². The molecule has 0 bridgehead atoms. The van der Waals surface area contributed by atoms with Gasteiger partial charge < -0.3 is 14.4 Å². The molecule has 10 heteroatoms. The third-order valence-electron chi connectivity index (χ3n) is 4.69. The van der Waals surface area contributed by atoms with Crippen LogP contribution in [0.25, 0.3) is 0 Å². The van der Waals surface area contributed by atoms with Crippen LogP contribution < -0.4 is 13.8 Å². The van der Waals surface area contributed by atoms with Crippen molar-refractivity contribution < 1.29 is 22.7 Å². The lowest BCUT2D eigenvalue weighted by atomic mass is 10.2. The summed E-state index contributed by atoms with van der Waals surface area (Å²) < 4.78 is 38.6. The number of anilines is 1. The average molecular weight is 460 g/mol. The molecule has 0 N–H and O–H groups in total. The van der Waals surface area contributed by atoms with E-state index in [-0.39, 0.29) is 22.5 Å². The second-order valence-electron chi connectivity index (χ2n) is 6.87. The second kappa shape index (κ2) is 8.94. The fourth-order valence-electron chi connectivity index (χ4n) is 3.11. The van der Waals surface area contributed by atoms with Crippen molar-refractivity contribution in [2.75, 3.05) is 31.1 Å². The lowest BCUT2D eigenvalue weighted by Gasteiger charge is -2.25. The van der Waals surface area contributed by atoms with Gasteiger partial charge in [0.15, 0.2) is 16.6 Å². The first kappa shape index (κ1) is 21.1. The highest BCUT2D eigenvalue weighted by Gasteiger charge is 2.30. The smallest absolute Gasteiger partial charge is 0.266 e. The minimum atomic E-state index is -3.94. The van der Waals surface area contributed by atoms with Crippen molar-refractivity contribution in [2.24, 2.45) is 0 Å². The fraction of sp³-hybridized carbons (Fsp3) is 0.238. The molecule has 162 valence electrons. The third-order valence-corrected chi connectivity index (χ3v) is 7.35. The molecule has 8 nitrogen and oxygen atoms in total. The molecule has 0 fully saturated rings. The highest BCUT2D eigenvalue weighted by molar-refractivity contribution is 7.93. The maximum absolute atomic E-state index is 13.2. The lowest BCUT2D eigenvalue weighted by molar-refractivity contribution is -0.128. The van der Waals surface area contributed by atoms with E-state index >= 15 is 0 Å². The Morgan fingerprint density at radius 1 is 1.10 bits per heavy atom. The van der Waals surface area contributed by atoms with Crippen LogP contribution >= 0.6 is 11.3 Å². The number of carbonyl (C=O) groups excluding carboxylic acids is 1. The molecule has 0 aliphatic carbocycles. The van der Waals surface area contributed by atoms with E-state index in [1.165, 1.54) is 23.2 Å². The molecule has 1 aromatic heterocycles. The van der Waals surface area contributed by atoms with E-state index < -0.39 is 10.0 Å². The summed E-state index contributed by atoms with van der Waals surface area (Å²) in [6, 6.07) is 13.5. The monoisotopic (exact) mass is 459 g/mol. The molecule has 3 aromatic rings. The Bertz CT molecular complexity index is 1150. The summed E-state index contributed by atoms with van der Waals surface area (Å²) in [4.78, 5) is 18.7. The van der Waals surface area contributed by atoms with Crippen molar-refractivity contribution in [3.63, 3.8) is 0 Å². The molecule has 0 saturated carbocycles. The van der Waals surface area contributed by atoms with E-state index in [1.807, 2.05) is 18.2 Å². The number of hydrogen-bond acceptors (Lipinski definition) is 7. The topological polar surface area (TPSA) is 89.0 Å². The van der Waals surface area contributed by atoms with Crippen molar-refractivity contribution in [1.29, 1.82) is 0 Å². The molecule has 0 radical (unpaired) electrons. The summed E-state index contributed by atoms with van der Waals surface area (Å²) in [5.74, 6) is 0.957. The summed E-state index contributed by atoms with van der Waals surface area (Å²) >= 11 is 1.16. The number of amides is 1. The van der Waals surface area contributed by atoms with Gasteiger partial charge in [-0.25, -0.2) is 17.7 Å². The fourth-order valence-corrected chi connectivity index (χ4v) is 5.37. The highest BCUT2D eigenvalue weighted by Crippen LogP contribution is 2.31. The Kier molecular flexibility index (Phi) is 6.10. The van der Waals surface area contributed by atoms with Crippen LogP contribution in [0.2, 0.25) is 0 Å². The number of hydrogen-bond donors (Lipinski definition) is 0. The number of aromatic nitrogens is 1. The van der Waals surface area contributed by atoms with Gasteiger partial charge in [0.2, 0.25) is 5.91 Å². The first-order valence-electron chi connectivity index (χ1n) is 9.55. The minimum Gasteiger partial charge on any atom is -0.486 e. The van der Waals surface area contributed by atoms with Crippen LogP contribution in [-0.2, 0) is 21.4 Å². The predicted molar refractivity (Wildman–Crippen MR) is 117 cm³/mol. The maximum Gasteiger partial charge on any atom is 0.266 e. The van der Waals surface area contributed by atoms with Gasteiger partial charge in [-0.15, -0.1) is 11.3 Å². The van der Waals surface area contributed by atoms with Crippen molar-refractivity contribution in [3.8, 4) is 11.5 Å². The van der Waals surface area contributed by atoms with E-state index in [9.17, 15) is 13.2 Å². The number of likely N-dealkylation sites (N-methyl/N-ethyl adjacent to an activating group) is 1. The van der Waals surface area contributed by atoms with E-state index in [2.05, 4.69) is 4.98 Å². The summed E-state index contributed by atoms with van der Waals surface area (Å²) in [5.41, 5.74) is 0.854. The molecular weight excluding hydrogens is 438 g/mol. The number of benzene rings is 2. The predicted octanol–water partition coefficient (Wildman–Crippen LogP) is 2.77. The van der Waals surface area contributed by atoms with Gasteiger partial charge in [0.1, 0.15) is 19.8 Å². The van der Waals surface area contributed by atoms with Crippen LogP contribution in [-0.4, -0.2) is 51.0 Å². The van der Waals surface area contributed by atoms with Crippen LogP contribution in [0.1, 0.15) is 5.56 Å². The summed E-state index contributed by atoms with van der Waals surface area (Å²) in [5, 5.41) is 1.91. The van der Waals surface area contributed by atoms with Gasteiger partial charge in [0, 0.05) is 25.2 Å². The van der Waals surface area contributed by atoms with Crippen LogP contribution in [0.4, 0.5) is 5.13 Å². The van der Waals surface area contributed by atoms with Crippen LogP contribution in [0.5, 0.6) is 11.5 Å². The normalized spacial score (nSPS) is 12.9. The molecule has 0 spiro atoms. The molecular formula is C21H21N3O5S2. The molecule has 4 rings (SSSR count). The maximum atomic E-state index is 13.2. The number of nitrogens with zero attached hydrogens (tertiary/aromatic N) is 3. The number of ether oxygens (including phenoxy) is 2.